The zero-order chi connectivity index (χ0) is 17.0. The van der Waals surface area contributed by atoms with E-state index in [1.807, 2.05) is 44.3 Å². The van der Waals surface area contributed by atoms with Crippen molar-refractivity contribution in [3.8, 4) is 0 Å². The van der Waals surface area contributed by atoms with Crippen LogP contribution in [0, 0.1) is 25.5 Å². The van der Waals surface area contributed by atoms with Gasteiger partial charge in [0.15, 0.2) is 11.6 Å². The normalized spacial score (nSPS) is 11.2. The maximum absolute atomic E-state index is 13.4. The highest BCUT2D eigenvalue weighted by molar-refractivity contribution is 5.62. The van der Waals surface area contributed by atoms with Crippen molar-refractivity contribution in [3.63, 3.8) is 0 Å². The third kappa shape index (κ3) is 4.38. The zero-order valence-electron chi connectivity index (χ0n) is 14.0. The highest BCUT2D eigenvalue weighted by atomic mass is 19.2. The van der Waals surface area contributed by atoms with Gasteiger partial charge in [-0.1, -0.05) is 6.07 Å². The molecule has 0 saturated carbocycles. The molecule has 0 radical (unpaired) electrons. The molecule has 0 spiro atoms. The van der Waals surface area contributed by atoms with Gasteiger partial charge >= 0.3 is 0 Å². The van der Waals surface area contributed by atoms with Crippen molar-refractivity contribution in [1.29, 1.82) is 0 Å². The van der Waals surface area contributed by atoms with Crippen LogP contribution in [0.3, 0.4) is 0 Å². The van der Waals surface area contributed by atoms with Gasteiger partial charge < -0.3 is 4.90 Å². The Balaban J connectivity index is 2.26. The minimum atomic E-state index is -0.813. The molecule has 0 atom stereocenters. The number of rotatable bonds is 5. The van der Waals surface area contributed by atoms with Crippen LogP contribution in [0.2, 0.25) is 0 Å². The predicted molar refractivity (Wildman–Crippen MR) is 91.5 cm³/mol. The lowest BCUT2D eigenvalue weighted by Gasteiger charge is -2.13. The summed E-state index contributed by atoms with van der Waals surface area (Å²) in [5, 5.41) is 0. The van der Waals surface area contributed by atoms with Crippen molar-refractivity contribution >= 4 is 12.0 Å². The van der Waals surface area contributed by atoms with Crippen LogP contribution in [-0.2, 0) is 6.42 Å². The third-order valence-electron chi connectivity index (χ3n) is 3.95. The number of aryl methyl sites for hydroxylation is 2. The second-order valence-corrected chi connectivity index (χ2v) is 5.80. The smallest absolute Gasteiger partial charge is 0.159 e. The van der Waals surface area contributed by atoms with Crippen molar-refractivity contribution in [1.82, 2.24) is 4.90 Å². The van der Waals surface area contributed by atoms with Crippen LogP contribution in [0.4, 0.5) is 14.5 Å². The Morgan fingerprint density at radius 3 is 2.26 bits per heavy atom. The molecule has 0 aliphatic rings. The molecule has 2 nitrogen and oxygen atoms in total. The first-order valence-corrected chi connectivity index (χ1v) is 7.69. The number of aliphatic imine (C=N–C) groups is 1. The fourth-order valence-electron chi connectivity index (χ4n) is 2.42. The van der Waals surface area contributed by atoms with Gasteiger partial charge in [-0.05, 0) is 73.7 Å². The Hall–Kier alpha value is -2.23. The Labute approximate surface area is 136 Å². The van der Waals surface area contributed by atoms with Crippen molar-refractivity contribution in [3.05, 3.63) is 64.2 Å². The Morgan fingerprint density at radius 2 is 1.70 bits per heavy atom. The lowest BCUT2D eigenvalue weighted by molar-refractivity contribution is 0.507. The summed E-state index contributed by atoms with van der Waals surface area (Å²) < 4.78 is 26.4. The van der Waals surface area contributed by atoms with Gasteiger partial charge in [0.05, 0.1) is 12.0 Å². The van der Waals surface area contributed by atoms with Crippen LogP contribution < -0.4 is 0 Å². The van der Waals surface area contributed by atoms with Crippen molar-refractivity contribution in [2.45, 2.75) is 27.2 Å². The van der Waals surface area contributed by atoms with Crippen LogP contribution in [0.1, 0.15) is 29.2 Å². The summed E-state index contributed by atoms with van der Waals surface area (Å²) >= 11 is 0. The summed E-state index contributed by atoms with van der Waals surface area (Å²) in [6, 6.07) is 8.09. The highest BCUT2D eigenvalue weighted by Gasteiger charge is 2.08. The summed E-state index contributed by atoms with van der Waals surface area (Å²) in [7, 11) is 1.97. The van der Waals surface area contributed by atoms with Gasteiger partial charge in [-0.3, -0.25) is 0 Å². The molecule has 0 bridgehead atoms. The number of hydrogen-bond donors (Lipinski definition) is 0. The van der Waals surface area contributed by atoms with E-state index in [0.29, 0.717) is 6.42 Å². The Morgan fingerprint density at radius 1 is 1.04 bits per heavy atom. The lowest BCUT2D eigenvalue weighted by Crippen LogP contribution is -2.14. The maximum atomic E-state index is 13.4. The second-order valence-electron chi connectivity index (χ2n) is 5.80. The third-order valence-corrected chi connectivity index (χ3v) is 3.95. The molecule has 0 aliphatic carbocycles. The largest absolute Gasteiger partial charge is 0.366 e. The molecule has 122 valence electrons. The first-order chi connectivity index (χ1) is 10.9. The first kappa shape index (κ1) is 17.1. The summed E-state index contributed by atoms with van der Waals surface area (Å²) in [5.41, 5.74) is 4.98. The second kappa shape index (κ2) is 7.36. The van der Waals surface area contributed by atoms with E-state index in [4.69, 9.17) is 0 Å². The van der Waals surface area contributed by atoms with E-state index < -0.39 is 11.6 Å². The fourth-order valence-corrected chi connectivity index (χ4v) is 2.42. The molecule has 0 amide bonds. The lowest BCUT2D eigenvalue weighted by atomic mass is 9.95. The van der Waals surface area contributed by atoms with Gasteiger partial charge in [-0.25, -0.2) is 13.8 Å². The average molecular weight is 316 g/mol. The number of halogens is 2. The molecule has 0 fully saturated rings. The van der Waals surface area contributed by atoms with E-state index in [9.17, 15) is 8.78 Å². The molecule has 0 saturated heterocycles. The van der Waals surface area contributed by atoms with Gasteiger partial charge in [0.25, 0.3) is 0 Å². The van der Waals surface area contributed by atoms with Crippen LogP contribution in [0.5, 0.6) is 0 Å². The van der Waals surface area contributed by atoms with Crippen molar-refractivity contribution < 1.29 is 8.78 Å². The summed E-state index contributed by atoms with van der Waals surface area (Å²) in [4.78, 5) is 6.46. The quantitative estimate of drug-likeness (QED) is 0.572. The monoisotopic (exact) mass is 316 g/mol. The van der Waals surface area contributed by atoms with E-state index in [2.05, 4.69) is 11.9 Å². The fraction of sp³-hybridized carbons (Fsp3) is 0.316. The van der Waals surface area contributed by atoms with Gasteiger partial charge in [0.2, 0.25) is 0 Å². The van der Waals surface area contributed by atoms with E-state index in [1.54, 1.807) is 6.07 Å². The number of hydrogen-bond acceptors (Lipinski definition) is 1. The molecule has 0 heterocycles. The summed E-state index contributed by atoms with van der Waals surface area (Å²) in [5.74, 6) is -1.62. The van der Waals surface area contributed by atoms with Gasteiger partial charge in [-0.15, -0.1) is 0 Å². The first-order valence-electron chi connectivity index (χ1n) is 7.69. The maximum Gasteiger partial charge on any atom is 0.159 e. The van der Waals surface area contributed by atoms with Crippen molar-refractivity contribution in [2.24, 2.45) is 4.99 Å². The summed E-state index contributed by atoms with van der Waals surface area (Å²) in [6.07, 6.45) is 2.39. The Bertz CT molecular complexity index is 700. The van der Waals surface area contributed by atoms with Crippen LogP contribution in [0.25, 0.3) is 0 Å². The van der Waals surface area contributed by atoms with Crippen LogP contribution in [-0.4, -0.2) is 24.8 Å². The molecule has 0 aromatic heterocycles. The molecular weight excluding hydrogens is 294 g/mol. The Kier molecular flexibility index (Phi) is 5.48. The molecule has 4 heteroatoms. The zero-order valence-corrected chi connectivity index (χ0v) is 14.0. The minimum absolute atomic E-state index is 0.577. The minimum Gasteiger partial charge on any atom is -0.366 e. The molecule has 0 unspecified atom stereocenters. The van der Waals surface area contributed by atoms with Gasteiger partial charge in [0.1, 0.15) is 0 Å². The predicted octanol–water partition coefficient (Wildman–Crippen LogP) is 4.78. The molecule has 2 aromatic carbocycles. The average Bonchev–Trinajstić information content (AvgIpc) is 2.51. The molecule has 2 rings (SSSR count). The molecule has 0 N–H and O–H groups in total. The van der Waals surface area contributed by atoms with E-state index in [-0.39, 0.29) is 0 Å². The standard InChI is InChI=1S/C19H22F2N2/c1-5-23(4)12-22-16-8-13(2)17(14(3)9-16)10-15-6-7-18(20)19(21)11-15/h6-9,11-12H,5,10H2,1-4H3. The van der Waals surface area contributed by atoms with E-state index in [1.165, 1.54) is 12.1 Å². The molecule has 0 aliphatic heterocycles. The summed E-state index contributed by atoms with van der Waals surface area (Å²) in [6.45, 7) is 7.00. The highest BCUT2D eigenvalue weighted by Crippen LogP contribution is 2.25. The molecule has 23 heavy (non-hydrogen) atoms. The van der Waals surface area contributed by atoms with E-state index >= 15 is 0 Å². The van der Waals surface area contributed by atoms with Crippen LogP contribution in [0.15, 0.2) is 35.3 Å². The van der Waals surface area contributed by atoms with Crippen molar-refractivity contribution in [2.75, 3.05) is 13.6 Å². The van der Waals surface area contributed by atoms with Gasteiger partial charge in [-0.2, -0.15) is 0 Å². The van der Waals surface area contributed by atoms with Gasteiger partial charge in [0, 0.05) is 13.6 Å². The van der Waals surface area contributed by atoms with Crippen LogP contribution >= 0.6 is 0 Å². The number of benzene rings is 2. The van der Waals surface area contributed by atoms with E-state index in [0.717, 1.165) is 34.5 Å². The topological polar surface area (TPSA) is 15.6 Å². The molecular formula is C19H22F2N2. The molecule has 2 aromatic rings. The SMILES string of the molecule is CCN(C)C=Nc1cc(C)c(Cc2ccc(F)c(F)c2)c(C)c1. The number of nitrogens with zero attached hydrogens (tertiary/aromatic N) is 2.